The van der Waals surface area contributed by atoms with Crippen LogP contribution < -0.4 is 25.4 Å². The minimum Gasteiger partial charge on any atom is -0.493 e. The molecule has 1 aliphatic rings. The van der Waals surface area contributed by atoms with Gasteiger partial charge in [0.1, 0.15) is 0 Å². The van der Waals surface area contributed by atoms with Crippen LogP contribution in [0, 0.1) is 0 Å². The first-order chi connectivity index (χ1) is 14.6. The fourth-order valence-corrected chi connectivity index (χ4v) is 3.43. The van der Waals surface area contributed by atoms with E-state index in [1.165, 1.54) is 0 Å². The second kappa shape index (κ2) is 15.1. The maximum atomic E-state index is 11.9. The molecule has 0 unspecified atom stereocenters. The van der Waals surface area contributed by atoms with E-state index in [2.05, 4.69) is 32.8 Å². The lowest BCUT2D eigenvalue weighted by molar-refractivity contribution is -0.122. The lowest BCUT2D eigenvalue weighted by Crippen LogP contribution is -2.50. The van der Waals surface area contributed by atoms with Gasteiger partial charge >= 0.3 is 0 Å². The van der Waals surface area contributed by atoms with Gasteiger partial charge in [0.2, 0.25) is 5.91 Å². The van der Waals surface area contributed by atoms with Crippen LogP contribution in [0.15, 0.2) is 23.2 Å². The molecule has 0 spiro atoms. The molecule has 176 valence electrons. The Bertz CT molecular complexity index is 694. The molecular weight excluding hydrogens is 509 g/mol. The molecule has 9 heteroatoms. The van der Waals surface area contributed by atoms with Crippen molar-refractivity contribution in [1.82, 2.24) is 20.9 Å². The minimum atomic E-state index is 0. The van der Waals surface area contributed by atoms with Crippen molar-refractivity contribution >= 4 is 35.8 Å². The molecule has 0 atom stereocenters. The summed E-state index contributed by atoms with van der Waals surface area (Å²) >= 11 is 0. The first kappa shape index (κ1) is 27.3. The summed E-state index contributed by atoms with van der Waals surface area (Å²) in [5, 5.41) is 9.81. The Balaban J connectivity index is 0.00000480. The Kier molecular flexibility index (Phi) is 13.3. The highest BCUT2D eigenvalue weighted by Crippen LogP contribution is 2.27. The number of ether oxygens (including phenoxy) is 2. The lowest BCUT2D eigenvalue weighted by Gasteiger charge is -2.32. The van der Waals surface area contributed by atoms with Crippen LogP contribution in [0.4, 0.5) is 0 Å². The van der Waals surface area contributed by atoms with Crippen LogP contribution in [0.2, 0.25) is 0 Å². The summed E-state index contributed by atoms with van der Waals surface area (Å²) in [4.78, 5) is 18.5. The summed E-state index contributed by atoms with van der Waals surface area (Å²) in [5.74, 6) is 2.38. The highest BCUT2D eigenvalue weighted by Gasteiger charge is 2.21. The zero-order valence-electron chi connectivity index (χ0n) is 19.2. The number of piperidine rings is 1. The number of carbonyl (C=O) groups is 1. The van der Waals surface area contributed by atoms with Crippen LogP contribution in [-0.2, 0) is 11.3 Å². The maximum Gasteiger partial charge on any atom is 0.234 e. The number of halogens is 1. The molecule has 1 aromatic carbocycles. The van der Waals surface area contributed by atoms with Crippen LogP contribution in [0.1, 0.15) is 38.7 Å². The molecule has 2 rings (SSSR count). The van der Waals surface area contributed by atoms with Crippen molar-refractivity contribution in [2.45, 2.75) is 45.7 Å². The molecule has 1 amide bonds. The zero-order chi connectivity index (χ0) is 21.8. The van der Waals surface area contributed by atoms with Crippen molar-refractivity contribution in [3.63, 3.8) is 0 Å². The summed E-state index contributed by atoms with van der Waals surface area (Å²) in [6.07, 6.45) is 2.94. The molecule has 0 bridgehead atoms. The zero-order valence-corrected chi connectivity index (χ0v) is 21.5. The molecule has 1 aromatic rings. The van der Waals surface area contributed by atoms with E-state index in [0.29, 0.717) is 25.7 Å². The number of methoxy groups -OCH3 is 1. The van der Waals surface area contributed by atoms with E-state index in [1.807, 2.05) is 25.1 Å². The number of likely N-dealkylation sites (tertiary alicyclic amines) is 1. The normalized spacial score (nSPS) is 15.0. The van der Waals surface area contributed by atoms with E-state index in [4.69, 9.17) is 9.47 Å². The van der Waals surface area contributed by atoms with Crippen molar-refractivity contribution in [3.8, 4) is 11.5 Å². The molecule has 1 saturated heterocycles. The van der Waals surface area contributed by atoms with Gasteiger partial charge in [-0.15, -0.1) is 24.0 Å². The minimum absolute atomic E-state index is 0. The Labute approximate surface area is 203 Å². The van der Waals surface area contributed by atoms with Gasteiger partial charge in [-0.3, -0.25) is 14.7 Å². The number of carbonyl (C=O) groups excluding carboxylic acids is 1. The number of rotatable bonds is 10. The standard InChI is InChI=1S/C22H37N5O3.HI/c1-5-11-24-21(28)16-27-12-9-18(10-13-27)26-22(23-3)25-15-17-7-8-19(29-4)20(14-17)30-6-2;/h7-8,14,18H,5-6,9-13,15-16H2,1-4H3,(H,24,28)(H2,23,25,26);1H. The molecule has 1 aliphatic heterocycles. The van der Waals surface area contributed by atoms with Crippen LogP contribution in [0.25, 0.3) is 0 Å². The first-order valence-corrected chi connectivity index (χ1v) is 10.9. The quantitative estimate of drug-likeness (QED) is 0.237. The third kappa shape index (κ3) is 9.51. The lowest BCUT2D eigenvalue weighted by atomic mass is 10.1. The number of hydrogen-bond donors (Lipinski definition) is 3. The average Bonchev–Trinajstić information content (AvgIpc) is 2.76. The summed E-state index contributed by atoms with van der Waals surface area (Å²) in [7, 11) is 3.42. The van der Waals surface area contributed by atoms with Gasteiger partial charge in [-0.2, -0.15) is 0 Å². The van der Waals surface area contributed by atoms with Crippen molar-refractivity contribution in [1.29, 1.82) is 0 Å². The molecule has 1 heterocycles. The van der Waals surface area contributed by atoms with E-state index < -0.39 is 0 Å². The van der Waals surface area contributed by atoms with E-state index in [1.54, 1.807) is 14.2 Å². The summed E-state index contributed by atoms with van der Waals surface area (Å²) in [5.41, 5.74) is 1.09. The first-order valence-electron chi connectivity index (χ1n) is 10.9. The van der Waals surface area contributed by atoms with Gasteiger partial charge < -0.3 is 25.4 Å². The second-order valence-electron chi connectivity index (χ2n) is 7.39. The molecule has 0 radical (unpaired) electrons. The maximum absolute atomic E-state index is 11.9. The third-order valence-electron chi connectivity index (χ3n) is 5.08. The Hall–Kier alpha value is -1.75. The van der Waals surface area contributed by atoms with Crippen molar-refractivity contribution in [2.75, 3.05) is 46.9 Å². The van der Waals surface area contributed by atoms with E-state index in [0.717, 1.165) is 61.9 Å². The number of amides is 1. The number of hydrogen-bond acceptors (Lipinski definition) is 5. The number of nitrogens with one attached hydrogen (secondary N) is 3. The smallest absolute Gasteiger partial charge is 0.234 e. The number of guanidine groups is 1. The summed E-state index contributed by atoms with van der Waals surface area (Å²) in [6.45, 7) is 8.30. The van der Waals surface area contributed by atoms with Gasteiger partial charge in [0.15, 0.2) is 17.5 Å². The summed E-state index contributed by atoms with van der Waals surface area (Å²) < 4.78 is 11.0. The fourth-order valence-electron chi connectivity index (χ4n) is 3.43. The Morgan fingerprint density at radius 3 is 2.55 bits per heavy atom. The van der Waals surface area contributed by atoms with Crippen LogP contribution in [0.3, 0.4) is 0 Å². The molecule has 0 aromatic heterocycles. The molecular formula is C22H38IN5O3. The van der Waals surface area contributed by atoms with Gasteiger partial charge in [0.05, 0.1) is 20.3 Å². The largest absolute Gasteiger partial charge is 0.493 e. The van der Waals surface area contributed by atoms with Gasteiger partial charge in [0, 0.05) is 39.3 Å². The van der Waals surface area contributed by atoms with Gasteiger partial charge in [-0.05, 0) is 43.9 Å². The molecule has 0 saturated carbocycles. The molecule has 1 fully saturated rings. The summed E-state index contributed by atoms with van der Waals surface area (Å²) in [6, 6.07) is 6.28. The monoisotopic (exact) mass is 547 g/mol. The third-order valence-corrected chi connectivity index (χ3v) is 5.08. The van der Waals surface area contributed by atoms with Crippen molar-refractivity contribution in [2.24, 2.45) is 4.99 Å². The van der Waals surface area contributed by atoms with Gasteiger partial charge in [0.25, 0.3) is 0 Å². The van der Waals surface area contributed by atoms with E-state index in [9.17, 15) is 4.79 Å². The predicted octanol–water partition coefficient (Wildman–Crippen LogP) is 2.37. The van der Waals surface area contributed by atoms with E-state index in [-0.39, 0.29) is 29.9 Å². The van der Waals surface area contributed by atoms with Gasteiger partial charge in [-0.1, -0.05) is 13.0 Å². The predicted molar refractivity (Wildman–Crippen MR) is 136 cm³/mol. The van der Waals surface area contributed by atoms with Crippen molar-refractivity contribution in [3.05, 3.63) is 23.8 Å². The van der Waals surface area contributed by atoms with Crippen molar-refractivity contribution < 1.29 is 14.3 Å². The number of aliphatic imine (C=N–C) groups is 1. The highest BCUT2D eigenvalue weighted by molar-refractivity contribution is 14.0. The Morgan fingerprint density at radius 2 is 1.94 bits per heavy atom. The molecule has 0 aliphatic carbocycles. The number of nitrogens with zero attached hydrogens (tertiary/aromatic N) is 2. The van der Waals surface area contributed by atoms with Crippen LogP contribution in [-0.4, -0.2) is 69.8 Å². The number of benzene rings is 1. The second-order valence-corrected chi connectivity index (χ2v) is 7.39. The highest BCUT2D eigenvalue weighted by atomic mass is 127. The van der Waals surface area contributed by atoms with Crippen LogP contribution >= 0.6 is 24.0 Å². The Morgan fingerprint density at radius 1 is 1.19 bits per heavy atom. The molecule has 3 N–H and O–H groups in total. The van der Waals surface area contributed by atoms with E-state index >= 15 is 0 Å². The SMILES string of the molecule is CCCNC(=O)CN1CCC(NC(=NC)NCc2ccc(OC)c(OCC)c2)CC1.I. The topological polar surface area (TPSA) is 87.2 Å². The molecule has 31 heavy (non-hydrogen) atoms. The van der Waals surface area contributed by atoms with Crippen LogP contribution in [0.5, 0.6) is 11.5 Å². The molecule has 8 nitrogen and oxygen atoms in total. The van der Waals surface area contributed by atoms with Gasteiger partial charge in [-0.25, -0.2) is 0 Å². The average molecular weight is 547 g/mol. The fraction of sp³-hybridized carbons (Fsp3) is 0.636.